The highest BCUT2D eigenvalue weighted by Gasteiger charge is 2.50. The molecule has 0 aliphatic heterocycles. The lowest BCUT2D eigenvalue weighted by Crippen LogP contribution is -2.64. The fraction of sp³-hybridized carbons (Fsp3) is 0.529. The summed E-state index contributed by atoms with van der Waals surface area (Å²) in [5.74, 6) is -0.0545. The molecule has 8 nitrogen and oxygen atoms in total. The largest absolute Gasteiger partial charge is 0.465 e. The number of carboxylic acid groups (broad SMARTS) is 2. The van der Waals surface area contributed by atoms with Crippen LogP contribution in [0.25, 0.3) is 0 Å². The summed E-state index contributed by atoms with van der Waals surface area (Å²) in [6.45, 7) is 8.43. The summed E-state index contributed by atoms with van der Waals surface area (Å²) in [6.07, 6.45) is -2.60. The van der Waals surface area contributed by atoms with Crippen LogP contribution in [0.3, 0.4) is 0 Å². The minimum Gasteiger partial charge on any atom is -0.465 e. The average molecular weight is 386 g/mol. The zero-order valence-electron chi connectivity index (χ0n) is 15.5. The highest BCUT2D eigenvalue weighted by molar-refractivity contribution is 7.91. The first kappa shape index (κ1) is 21.8. The summed E-state index contributed by atoms with van der Waals surface area (Å²) in [6, 6.07) is 5.02. The second-order valence-electron chi connectivity index (χ2n) is 7.09. The van der Waals surface area contributed by atoms with Crippen LogP contribution in [0.2, 0.25) is 0 Å². The van der Waals surface area contributed by atoms with Crippen molar-refractivity contribution in [2.75, 3.05) is 5.75 Å². The third-order valence-electron chi connectivity index (χ3n) is 4.53. The smallest absolute Gasteiger partial charge is 0.405 e. The van der Waals surface area contributed by atoms with E-state index in [0.29, 0.717) is 5.56 Å². The fourth-order valence-corrected chi connectivity index (χ4v) is 4.14. The topological polar surface area (TPSA) is 133 Å². The monoisotopic (exact) mass is 386 g/mol. The van der Waals surface area contributed by atoms with E-state index in [9.17, 15) is 23.1 Å². The summed E-state index contributed by atoms with van der Waals surface area (Å²) >= 11 is 0. The number of carbonyl (C=O) groups is 2. The number of hydrogen-bond acceptors (Lipinski definition) is 4. The Hall–Kier alpha value is -2.29. The molecule has 1 aromatic rings. The molecule has 0 bridgehead atoms. The molecule has 26 heavy (non-hydrogen) atoms. The molecule has 146 valence electrons. The van der Waals surface area contributed by atoms with Gasteiger partial charge in [0, 0.05) is 0 Å². The van der Waals surface area contributed by atoms with Crippen LogP contribution in [-0.4, -0.2) is 42.6 Å². The van der Waals surface area contributed by atoms with E-state index in [1.807, 2.05) is 0 Å². The Morgan fingerprint density at radius 1 is 1.08 bits per heavy atom. The molecule has 0 aliphatic rings. The number of sulfone groups is 1. The normalized spacial score (nSPS) is 15.6. The summed E-state index contributed by atoms with van der Waals surface area (Å²) in [7, 11) is -3.40. The van der Waals surface area contributed by atoms with Crippen molar-refractivity contribution in [2.24, 2.45) is 5.41 Å². The van der Waals surface area contributed by atoms with Gasteiger partial charge in [-0.05, 0) is 30.0 Å². The molecule has 2 atom stereocenters. The van der Waals surface area contributed by atoms with Crippen molar-refractivity contribution >= 4 is 22.0 Å². The molecule has 0 aliphatic carbocycles. The van der Waals surface area contributed by atoms with Crippen molar-refractivity contribution in [2.45, 2.75) is 51.1 Å². The van der Waals surface area contributed by atoms with Crippen molar-refractivity contribution < 1.29 is 28.2 Å². The van der Waals surface area contributed by atoms with Gasteiger partial charge in [0.2, 0.25) is 0 Å². The van der Waals surface area contributed by atoms with Crippen LogP contribution in [0.15, 0.2) is 29.2 Å². The molecule has 4 N–H and O–H groups in total. The molecule has 2 amide bonds. The minimum atomic E-state index is -3.40. The molecule has 0 radical (unpaired) electrons. The predicted molar refractivity (Wildman–Crippen MR) is 97.1 cm³/mol. The summed E-state index contributed by atoms with van der Waals surface area (Å²) in [5.41, 5.74) is -1.60. The highest BCUT2D eigenvalue weighted by atomic mass is 32.2. The predicted octanol–water partition coefficient (Wildman–Crippen LogP) is 2.65. The van der Waals surface area contributed by atoms with Gasteiger partial charge in [-0.15, -0.1) is 0 Å². The van der Waals surface area contributed by atoms with Gasteiger partial charge in [0.25, 0.3) is 0 Å². The van der Waals surface area contributed by atoms with Crippen LogP contribution < -0.4 is 10.6 Å². The Labute approximate surface area is 153 Å². The minimum absolute atomic E-state index is 0.0545. The quantitative estimate of drug-likeness (QED) is 0.594. The van der Waals surface area contributed by atoms with Crippen molar-refractivity contribution in [3.63, 3.8) is 0 Å². The maximum Gasteiger partial charge on any atom is 0.405 e. The molecule has 9 heteroatoms. The molecule has 2 unspecified atom stereocenters. The highest BCUT2D eigenvalue weighted by Crippen LogP contribution is 2.42. The van der Waals surface area contributed by atoms with E-state index < -0.39 is 39.0 Å². The van der Waals surface area contributed by atoms with Crippen molar-refractivity contribution in [1.82, 2.24) is 10.6 Å². The van der Waals surface area contributed by atoms with E-state index in [1.54, 1.807) is 27.7 Å². The van der Waals surface area contributed by atoms with Gasteiger partial charge in [-0.25, -0.2) is 18.0 Å². The Kier molecular flexibility index (Phi) is 6.30. The summed E-state index contributed by atoms with van der Waals surface area (Å²) in [5, 5.41) is 23.3. The Balaban J connectivity index is 3.62. The Morgan fingerprint density at radius 3 is 1.92 bits per heavy atom. The first-order valence-corrected chi connectivity index (χ1v) is 9.77. The lowest BCUT2D eigenvalue weighted by atomic mass is 9.65. The number of hydrogen-bond donors (Lipinski definition) is 4. The van der Waals surface area contributed by atoms with Crippen LogP contribution in [0.4, 0.5) is 9.59 Å². The lowest BCUT2D eigenvalue weighted by Gasteiger charge is -2.49. The molecule has 0 saturated carbocycles. The van der Waals surface area contributed by atoms with E-state index >= 15 is 0 Å². The third-order valence-corrected chi connectivity index (χ3v) is 6.28. The Bertz CT molecular complexity index is 767. The van der Waals surface area contributed by atoms with E-state index in [4.69, 9.17) is 5.11 Å². The molecule has 0 aromatic heterocycles. The van der Waals surface area contributed by atoms with Gasteiger partial charge in [0.1, 0.15) is 0 Å². The van der Waals surface area contributed by atoms with E-state index in [1.165, 1.54) is 31.2 Å². The lowest BCUT2D eigenvalue weighted by molar-refractivity contribution is 0.0835. The van der Waals surface area contributed by atoms with Gasteiger partial charge in [0.05, 0.1) is 22.2 Å². The van der Waals surface area contributed by atoms with Crippen LogP contribution in [0, 0.1) is 5.41 Å². The van der Waals surface area contributed by atoms with Gasteiger partial charge < -0.3 is 20.8 Å². The maximum atomic E-state index is 12.0. The standard InChI is InChI=1S/C17H26N2O6S/c1-6-26(24,25)13-9-7-12(8-10-13)17(16(3,4)5,19-15(22)23)11(2)18-14(20)21/h7-11,18-19H,6H2,1-5H3,(H,20,21)(H,22,23). The SMILES string of the molecule is CCS(=O)(=O)c1ccc(C(NC(=O)O)(C(C)NC(=O)O)C(C)(C)C)cc1. The van der Waals surface area contributed by atoms with Crippen molar-refractivity contribution in [3.05, 3.63) is 29.8 Å². The first-order chi connectivity index (χ1) is 11.8. The van der Waals surface area contributed by atoms with Crippen LogP contribution in [0.1, 0.15) is 40.2 Å². The van der Waals surface area contributed by atoms with Gasteiger partial charge in [-0.1, -0.05) is 39.8 Å². The third kappa shape index (κ3) is 4.27. The van der Waals surface area contributed by atoms with Crippen LogP contribution in [-0.2, 0) is 15.4 Å². The number of nitrogens with one attached hydrogen (secondary N) is 2. The number of rotatable bonds is 6. The van der Waals surface area contributed by atoms with E-state index in [0.717, 1.165) is 0 Å². The van der Waals surface area contributed by atoms with Crippen molar-refractivity contribution in [3.8, 4) is 0 Å². The molecule has 0 saturated heterocycles. The zero-order valence-corrected chi connectivity index (χ0v) is 16.3. The Morgan fingerprint density at radius 2 is 1.58 bits per heavy atom. The molecular formula is C17H26N2O6S. The molecule has 1 aromatic carbocycles. The number of benzene rings is 1. The molecule has 0 spiro atoms. The van der Waals surface area contributed by atoms with Crippen molar-refractivity contribution in [1.29, 1.82) is 0 Å². The second-order valence-corrected chi connectivity index (χ2v) is 9.37. The summed E-state index contributed by atoms with van der Waals surface area (Å²) in [4.78, 5) is 22.8. The second kappa shape index (κ2) is 7.53. The van der Waals surface area contributed by atoms with E-state index in [-0.39, 0.29) is 10.6 Å². The van der Waals surface area contributed by atoms with Gasteiger partial charge in [0.15, 0.2) is 9.84 Å². The number of amides is 2. The van der Waals surface area contributed by atoms with Gasteiger partial charge >= 0.3 is 12.2 Å². The molecule has 0 fully saturated rings. The van der Waals surface area contributed by atoms with Crippen LogP contribution in [0.5, 0.6) is 0 Å². The fourth-order valence-electron chi connectivity index (χ4n) is 3.25. The zero-order chi connectivity index (χ0) is 20.3. The average Bonchev–Trinajstić information content (AvgIpc) is 2.50. The maximum absolute atomic E-state index is 12.0. The summed E-state index contributed by atoms with van der Waals surface area (Å²) < 4.78 is 24.0. The first-order valence-electron chi connectivity index (χ1n) is 8.11. The van der Waals surface area contributed by atoms with Gasteiger partial charge in [-0.3, -0.25) is 0 Å². The molecule has 1 rings (SSSR count). The van der Waals surface area contributed by atoms with E-state index in [2.05, 4.69) is 10.6 Å². The molecular weight excluding hydrogens is 360 g/mol. The molecule has 0 heterocycles. The van der Waals surface area contributed by atoms with Gasteiger partial charge in [-0.2, -0.15) is 0 Å². The van der Waals surface area contributed by atoms with Crippen LogP contribution >= 0.6 is 0 Å².